The molecule has 1 saturated heterocycles. The fourth-order valence-electron chi connectivity index (χ4n) is 1.35. The Hall–Kier alpha value is -0.520. The van der Waals surface area contributed by atoms with E-state index in [2.05, 4.69) is 5.32 Å². The van der Waals surface area contributed by atoms with E-state index in [1.165, 1.54) is 4.90 Å². The summed E-state index contributed by atoms with van der Waals surface area (Å²) in [5, 5.41) is 20.7. The number of rotatable bonds is 1. The number of nitrogens with one attached hydrogen (secondary N) is 1. The average molecular weight is 211 g/mol. The van der Waals surface area contributed by atoms with E-state index in [-0.39, 0.29) is 31.1 Å². The lowest BCUT2D eigenvalue weighted by Crippen LogP contribution is -2.58. The van der Waals surface area contributed by atoms with Crippen LogP contribution in [0.5, 0.6) is 0 Å². The Kier molecular flexibility index (Phi) is 5.05. The molecular weight excluding hydrogens is 196 g/mol. The van der Waals surface area contributed by atoms with Gasteiger partial charge in [0.15, 0.2) is 0 Å². The molecule has 1 heterocycles. The van der Waals surface area contributed by atoms with Gasteiger partial charge in [-0.25, -0.2) is 4.79 Å². The molecule has 5 nitrogen and oxygen atoms in total. The van der Waals surface area contributed by atoms with E-state index in [4.69, 9.17) is 10.2 Å². The van der Waals surface area contributed by atoms with Crippen LogP contribution >= 0.6 is 12.4 Å². The minimum atomic E-state index is -0.956. The standard InChI is InChI=1S/C7H14N2O3.ClH/c1-5-3-9(7(11)12)6(4-10)2-8-5;/h5-6,8,10H,2-4H2,1H3,(H,11,12);1H/t5-,6-;/m1./s1. The quantitative estimate of drug-likeness (QED) is 0.558. The number of carbonyl (C=O) groups is 1. The lowest BCUT2D eigenvalue weighted by Gasteiger charge is -2.36. The molecule has 1 aliphatic rings. The van der Waals surface area contributed by atoms with Gasteiger partial charge < -0.3 is 20.4 Å². The van der Waals surface area contributed by atoms with Crippen LogP contribution in [-0.4, -0.2) is 53.0 Å². The highest BCUT2D eigenvalue weighted by Crippen LogP contribution is 2.06. The van der Waals surface area contributed by atoms with Gasteiger partial charge in [-0.3, -0.25) is 0 Å². The van der Waals surface area contributed by atoms with Gasteiger partial charge in [-0.2, -0.15) is 0 Å². The lowest BCUT2D eigenvalue weighted by atomic mass is 10.1. The largest absolute Gasteiger partial charge is 0.465 e. The van der Waals surface area contributed by atoms with Crippen LogP contribution in [-0.2, 0) is 0 Å². The molecule has 1 rings (SSSR count). The van der Waals surface area contributed by atoms with Crippen LogP contribution in [0.3, 0.4) is 0 Å². The zero-order valence-corrected chi connectivity index (χ0v) is 8.25. The fraction of sp³-hybridized carbons (Fsp3) is 0.857. The highest BCUT2D eigenvalue weighted by atomic mass is 35.5. The van der Waals surface area contributed by atoms with Crippen molar-refractivity contribution in [2.24, 2.45) is 0 Å². The van der Waals surface area contributed by atoms with Crippen molar-refractivity contribution in [2.45, 2.75) is 19.0 Å². The molecule has 3 N–H and O–H groups in total. The van der Waals surface area contributed by atoms with Gasteiger partial charge in [-0.05, 0) is 6.92 Å². The lowest BCUT2D eigenvalue weighted by molar-refractivity contribution is 0.0738. The fourth-order valence-corrected chi connectivity index (χ4v) is 1.35. The highest BCUT2D eigenvalue weighted by Gasteiger charge is 2.28. The molecule has 0 radical (unpaired) electrons. The molecule has 13 heavy (non-hydrogen) atoms. The van der Waals surface area contributed by atoms with Crippen molar-refractivity contribution < 1.29 is 15.0 Å². The molecule has 0 spiro atoms. The first-order valence-corrected chi connectivity index (χ1v) is 3.99. The summed E-state index contributed by atoms with van der Waals surface area (Å²) >= 11 is 0. The number of halogens is 1. The number of amides is 1. The van der Waals surface area contributed by atoms with E-state index < -0.39 is 6.09 Å². The maximum Gasteiger partial charge on any atom is 0.407 e. The Balaban J connectivity index is 0.00000144. The molecule has 0 bridgehead atoms. The normalized spacial score (nSPS) is 28.0. The second kappa shape index (κ2) is 5.26. The average Bonchev–Trinajstić information content (AvgIpc) is 2.04. The van der Waals surface area contributed by atoms with Crippen LogP contribution in [0.4, 0.5) is 4.79 Å². The van der Waals surface area contributed by atoms with E-state index >= 15 is 0 Å². The van der Waals surface area contributed by atoms with Gasteiger partial charge in [-0.15, -0.1) is 12.4 Å². The molecule has 0 aromatic carbocycles. The van der Waals surface area contributed by atoms with Gasteiger partial charge in [0, 0.05) is 19.1 Å². The Morgan fingerprint density at radius 2 is 2.31 bits per heavy atom. The summed E-state index contributed by atoms with van der Waals surface area (Å²) in [6.07, 6.45) is -0.956. The number of aliphatic hydroxyl groups is 1. The predicted molar refractivity (Wildman–Crippen MR) is 50.3 cm³/mol. The van der Waals surface area contributed by atoms with Crippen LogP contribution < -0.4 is 5.32 Å². The van der Waals surface area contributed by atoms with Crippen LogP contribution in [0.2, 0.25) is 0 Å². The number of piperazine rings is 1. The number of carboxylic acid groups (broad SMARTS) is 1. The summed E-state index contributed by atoms with van der Waals surface area (Å²) in [6, 6.07) is -0.123. The van der Waals surface area contributed by atoms with Crippen molar-refractivity contribution in [1.82, 2.24) is 10.2 Å². The van der Waals surface area contributed by atoms with Crippen LogP contribution in [0.1, 0.15) is 6.92 Å². The van der Waals surface area contributed by atoms with Gasteiger partial charge in [0.1, 0.15) is 0 Å². The Labute approximate surface area is 83.1 Å². The van der Waals surface area contributed by atoms with Crippen molar-refractivity contribution in [2.75, 3.05) is 19.7 Å². The van der Waals surface area contributed by atoms with Crippen molar-refractivity contribution in [3.63, 3.8) is 0 Å². The van der Waals surface area contributed by atoms with Crippen LogP contribution in [0.25, 0.3) is 0 Å². The summed E-state index contributed by atoms with van der Waals surface area (Å²) in [4.78, 5) is 11.9. The molecule has 0 saturated carbocycles. The summed E-state index contributed by atoms with van der Waals surface area (Å²) in [7, 11) is 0. The van der Waals surface area contributed by atoms with Crippen molar-refractivity contribution >= 4 is 18.5 Å². The SMILES string of the molecule is C[C@@H]1CN(C(=O)O)[C@@H](CO)CN1.Cl. The molecule has 78 valence electrons. The molecule has 0 aromatic rings. The van der Waals surface area contributed by atoms with E-state index in [0.717, 1.165) is 0 Å². The predicted octanol–water partition coefficient (Wildman–Crippen LogP) is -0.259. The molecule has 1 fully saturated rings. The third-order valence-electron chi connectivity index (χ3n) is 2.07. The summed E-state index contributed by atoms with van der Waals surface area (Å²) in [5.41, 5.74) is 0. The van der Waals surface area contributed by atoms with Gasteiger partial charge in [0.05, 0.1) is 12.6 Å². The first-order valence-electron chi connectivity index (χ1n) is 3.99. The van der Waals surface area contributed by atoms with Gasteiger partial charge in [-0.1, -0.05) is 0 Å². The summed E-state index contributed by atoms with van der Waals surface area (Å²) in [6.45, 7) is 2.78. The molecule has 0 unspecified atom stereocenters. The van der Waals surface area contributed by atoms with Crippen molar-refractivity contribution in [1.29, 1.82) is 0 Å². The smallest absolute Gasteiger partial charge is 0.407 e. The Morgan fingerprint density at radius 3 is 2.77 bits per heavy atom. The minimum absolute atomic E-state index is 0. The molecule has 0 aromatic heterocycles. The molecule has 6 heteroatoms. The Morgan fingerprint density at radius 1 is 1.69 bits per heavy atom. The first kappa shape index (κ1) is 12.5. The van der Waals surface area contributed by atoms with E-state index in [1.54, 1.807) is 0 Å². The molecule has 0 aliphatic carbocycles. The van der Waals surface area contributed by atoms with Crippen LogP contribution in [0.15, 0.2) is 0 Å². The second-order valence-electron chi connectivity index (χ2n) is 3.08. The highest BCUT2D eigenvalue weighted by molar-refractivity contribution is 5.85. The Bertz CT molecular complexity index is 179. The molecule has 1 amide bonds. The van der Waals surface area contributed by atoms with Gasteiger partial charge in [0.2, 0.25) is 0 Å². The third kappa shape index (κ3) is 3.02. The number of hydrogen-bond donors (Lipinski definition) is 3. The van der Waals surface area contributed by atoms with Crippen LogP contribution in [0, 0.1) is 0 Å². The molecule has 1 aliphatic heterocycles. The van der Waals surface area contributed by atoms with E-state index in [9.17, 15) is 4.79 Å². The van der Waals surface area contributed by atoms with Crippen molar-refractivity contribution in [3.8, 4) is 0 Å². The van der Waals surface area contributed by atoms with Gasteiger partial charge in [0.25, 0.3) is 0 Å². The summed E-state index contributed by atoms with van der Waals surface area (Å²) < 4.78 is 0. The minimum Gasteiger partial charge on any atom is -0.465 e. The van der Waals surface area contributed by atoms with Gasteiger partial charge >= 0.3 is 6.09 Å². The maximum atomic E-state index is 10.7. The van der Waals surface area contributed by atoms with E-state index in [1.807, 2.05) is 6.92 Å². The van der Waals surface area contributed by atoms with Crippen molar-refractivity contribution in [3.05, 3.63) is 0 Å². The summed E-state index contributed by atoms with van der Waals surface area (Å²) in [5.74, 6) is 0. The third-order valence-corrected chi connectivity index (χ3v) is 2.07. The monoisotopic (exact) mass is 210 g/mol. The number of hydrogen-bond acceptors (Lipinski definition) is 3. The number of aliphatic hydroxyl groups excluding tert-OH is 1. The molecular formula is C7H15ClN2O3. The maximum absolute atomic E-state index is 10.7. The molecule has 2 atom stereocenters. The zero-order valence-electron chi connectivity index (χ0n) is 7.43. The first-order chi connectivity index (χ1) is 5.65. The topological polar surface area (TPSA) is 72.8 Å². The second-order valence-corrected chi connectivity index (χ2v) is 3.08. The zero-order chi connectivity index (χ0) is 9.14. The number of nitrogens with zero attached hydrogens (tertiary/aromatic N) is 1. The van der Waals surface area contributed by atoms with E-state index in [0.29, 0.717) is 13.1 Å².